The second-order valence-corrected chi connectivity index (χ2v) is 5.02. The van der Waals surface area contributed by atoms with E-state index in [0.29, 0.717) is 22.7 Å². The molecule has 6 heteroatoms. The summed E-state index contributed by atoms with van der Waals surface area (Å²) in [6, 6.07) is 7.44. The molecule has 0 aliphatic rings. The molecular formula is C16H15ClFNO3. The fraction of sp³-hybridized carbons (Fsp3) is 0.188. The fourth-order valence-electron chi connectivity index (χ4n) is 1.92. The van der Waals surface area contributed by atoms with Crippen LogP contribution < -0.4 is 14.8 Å². The number of aryl methyl sites for hydroxylation is 1. The number of hydrogen-bond donors (Lipinski definition) is 1. The quantitative estimate of drug-likeness (QED) is 0.923. The maximum Gasteiger partial charge on any atom is 0.255 e. The van der Waals surface area contributed by atoms with Gasteiger partial charge in [0.05, 0.1) is 19.2 Å². The number of anilines is 1. The predicted molar refractivity (Wildman–Crippen MR) is 83.6 cm³/mol. The van der Waals surface area contributed by atoms with Crippen LogP contribution in [0.4, 0.5) is 10.1 Å². The summed E-state index contributed by atoms with van der Waals surface area (Å²) >= 11 is 6.06. The van der Waals surface area contributed by atoms with Crippen LogP contribution in [0.5, 0.6) is 11.5 Å². The molecule has 0 aromatic heterocycles. The van der Waals surface area contributed by atoms with E-state index in [4.69, 9.17) is 21.1 Å². The number of halogens is 2. The van der Waals surface area contributed by atoms with Crippen LogP contribution in [0, 0.1) is 12.7 Å². The third-order valence-corrected chi connectivity index (χ3v) is 3.41. The fourth-order valence-corrected chi connectivity index (χ4v) is 2.21. The van der Waals surface area contributed by atoms with E-state index in [2.05, 4.69) is 5.32 Å². The van der Waals surface area contributed by atoms with E-state index in [0.717, 1.165) is 0 Å². The molecular weight excluding hydrogens is 309 g/mol. The van der Waals surface area contributed by atoms with Crippen molar-refractivity contribution < 1.29 is 18.7 Å². The number of methoxy groups -OCH3 is 2. The largest absolute Gasteiger partial charge is 0.493 e. The second-order valence-electron chi connectivity index (χ2n) is 4.61. The van der Waals surface area contributed by atoms with Gasteiger partial charge in [0.1, 0.15) is 5.82 Å². The maximum absolute atomic E-state index is 13.5. The number of carbonyl (C=O) groups excluding carboxylic acids is 1. The summed E-state index contributed by atoms with van der Waals surface area (Å²) in [5, 5.41) is 2.86. The number of benzene rings is 2. The van der Waals surface area contributed by atoms with Crippen LogP contribution in [-0.4, -0.2) is 20.1 Å². The maximum atomic E-state index is 13.5. The van der Waals surface area contributed by atoms with E-state index in [1.54, 1.807) is 19.1 Å². The summed E-state index contributed by atoms with van der Waals surface area (Å²) in [7, 11) is 2.91. The zero-order valence-corrected chi connectivity index (χ0v) is 13.1. The minimum atomic E-state index is -0.425. The van der Waals surface area contributed by atoms with Gasteiger partial charge in [-0.25, -0.2) is 4.39 Å². The average molecular weight is 324 g/mol. The van der Waals surface area contributed by atoms with Crippen molar-refractivity contribution in [1.29, 1.82) is 0 Å². The number of ether oxygens (including phenoxy) is 2. The van der Waals surface area contributed by atoms with Crippen LogP contribution >= 0.6 is 11.6 Å². The normalized spacial score (nSPS) is 10.2. The molecule has 22 heavy (non-hydrogen) atoms. The highest BCUT2D eigenvalue weighted by molar-refractivity contribution is 6.32. The zero-order chi connectivity index (χ0) is 16.3. The average Bonchev–Trinajstić information content (AvgIpc) is 2.50. The van der Waals surface area contributed by atoms with Crippen LogP contribution in [0.15, 0.2) is 30.3 Å². The highest BCUT2D eigenvalue weighted by Crippen LogP contribution is 2.36. The molecule has 0 unspecified atom stereocenters. The van der Waals surface area contributed by atoms with Crippen molar-refractivity contribution in [2.45, 2.75) is 6.92 Å². The van der Waals surface area contributed by atoms with Crippen LogP contribution in [0.3, 0.4) is 0 Å². The summed E-state index contributed by atoms with van der Waals surface area (Å²) in [4.78, 5) is 12.2. The molecule has 0 atom stereocenters. The van der Waals surface area contributed by atoms with E-state index in [1.165, 1.54) is 32.4 Å². The first-order chi connectivity index (χ1) is 10.5. The zero-order valence-electron chi connectivity index (χ0n) is 12.4. The van der Waals surface area contributed by atoms with Gasteiger partial charge in [0.15, 0.2) is 11.5 Å². The van der Waals surface area contributed by atoms with Gasteiger partial charge in [-0.3, -0.25) is 4.79 Å². The standard InChI is InChI=1S/C16H15ClFNO3/c1-9-4-5-11(8-13(9)18)19-16(20)10-6-12(17)15(22-3)14(7-10)21-2/h4-8H,1-3H3,(H,19,20). The molecule has 0 saturated carbocycles. The Morgan fingerprint density at radius 3 is 2.50 bits per heavy atom. The molecule has 2 aromatic rings. The minimum Gasteiger partial charge on any atom is -0.493 e. The molecule has 0 heterocycles. The molecule has 0 bridgehead atoms. The molecule has 0 fully saturated rings. The third-order valence-electron chi connectivity index (χ3n) is 3.13. The Balaban J connectivity index is 2.29. The summed E-state index contributed by atoms with van der Waals surface area (Å²) in [5.74, 6) is -0.119. The van der Waals surface area contributed by atoms with Gasteiger partial charge in [0.25, 0.3) is 5.91 Å². The first-order valence-corrected chi connectivity index (χ1v) is 6.83. The lowest BCUT2D eigenvalue weighted by Gasteiger charge is -2.12. The highest BCUT2D eigenvalue weighted by atomic mass is 35.5. The van der Waals surface area contributed by atoms with E-state index in [1.807, 2.05) is 0 Å². The summed E-state index contributed by atoms with van der Waals surface area (Å²) in [6.45, 7) is 1.65. The second kappa shape index (κ2) is 6.66. The summed E-state index contributed by atoms with van der Waals surface area (Å²) < 4.78 is 23.8. The van der Waals surface area contributed by atoms with E-state index in [9.17, 15) is 9.18 Å². The summed E-state index contributed by atoms with van der Waals surface area (Å²) in [6.07, 6.45) is 0. The molecule has 0 aliphatic heterocycles. The molecule has 0 aliphatic carbocycles. The number of amides is 1. The van der Waals surface area contributed by atoms with Gasteiger partial charge in [-0.15, -0.1) is 0 Å². The van der Waals surface area contributed by atoms with Gasteiger partial charge >= 0.3 is 0 Å². The van der Waals surface area contributed by atoms with E-state index < -0.39 is 5.91 Å². The first kappa shape index (κ1) is 16.1. The van der Waals surface area contributed by atoms with Crippen molar-refractivity contribution in [3.8, 4) is 11.5 Å². The van der Waals surface area contributed by atoms with Crippen LogP contribution in [0.25, 0.3) is 0 Å². The van der Waals surface area contributed by atoms with Gasteiger partial charge in [0.2, 0.25) is 0 Å². The lowest BCUT2D eigenvalue weighted by Crippen LogP contribution is -2.12. The topological polar surface area (TPSA) is 47.6 Å². The number of carbonyl (C=O) groups is 1. The third kappa shape index (κ3) is 3.31. The number of nitrogens with one attached hydrogen (secondary N) is 1. The van der Waals surface area contributed by atoms with Crippen molar-refractivity contribution >= 4 is 23.2 Å². The molecule has 2 aromatic carbocycles. The monoisotopic (exact) mass is 323 g/mol. The molecule has 4 nitrogen and oxygen atoms in total. The van der Waals surface area contributed by atoms with Gasteiger partial charge in [-0.1, -0.05) is 17.7 Å². The smallest absolute Gasteiger partial charge is 0.255 e. The predicted octanol–water partition coefficient (Wildman–Crippen LogP) is 4.06. The molecule has 2 rings (SSSR count). The molecule has 116 valence electrons. The molecule has 0 spiro atoms. The minimum absolute atomic E-state index is 0.252. The first-order valence-electron chi connectivity index (χ1n) is 6.45. The van der Waals surface area contributed by atoms with Crippen molar-refractivity contribution in [1.82, 2.24) is 0 Å². The van der Waals surface area contributed by atoms with Crippen LogP contribution in [0.2, 0.25) is 5.02 Å². The SMILES string of the molecule is COc1cc(C(=O)Nc2ccc(C)c(F)c2)cc(Cl)c1OC. The van der Waals surface area contributed by atoms with Gasteiger partial charge in [0, 0.05) is 11.3 Å². The number of rotatable bonds is 4. The Hall–Kier alpha value is -2.27. The van der Waals surface area contributed by atoms with Crippen molar-refractivity contribution in [3.63, 3.8) is 0 Å². The van der Waals surface area contributed by atoms with Crippen molar-refractivity contribution in [3.05, 3.63) is 52.3 Å². The van der Waals surface area contributed by atoms with E-state index in [-0.39, 0.29) is 16.4 Å². The van der Waals surface area contributed by atoms with Gasteiger partial charge < -0.3 is 14.8 Å². The lowest BCUT2D eigenvalue weighted by atomic mass is 10.1. The van der Waals surface area contributed by atoms with Crippen LogP contribution in [0.1, 0.15) is 15.9 Å². The Bertz CT molecular complexity index is 719. The number of hydrogen-bond acceptors (Lipinski definition) is 3. The molecule has 1 amide bonds. The summed E-state index contributed by atoms with van der Waals surface area (Å²) in [5.41, 5.74) is 1.15. The molecule has 1 N–H and O–H groups in total. The molecule has 0 radical (unpaired) electrons. The Labute approximate surface area is 132 Å². The van der Waals surface area contributed by atoms with Gasteiger partial charge in [-0.2, -0.15) is 0 Å². The lowest BCUT2D eigenvalue weighted by molar-refractivity contribution is 0.102. The van der Waals surface area contributed by atoms with Crippen molar-refractivity contribution in [2.24, 2.45) is 0 Å². The van der Waals surface area contributed by atoms with Crippen LogP contribution in [-0.2, 0) is 0 Å². The Morgan fingerprint density at radius 1 is 1.18 bits per heavy atom. The highest BCUT2D eigenvalue weighted by Gasteiger charge is 2.15. The van der Waals surface area contributed by atoms with Crippen molar-refractivity contribution in [2.75, 3.05) is 19.5 Å². The Morgan fingerprint density at radius 2 is 1.91 bits per heavy atom. The van der Waals surface area contributed by atoms with Gasteiger partial charge in [-0.05, 0) is 36.8 Å². The van der Waals surface area contributed by atoms with E-state index >= 15 is 0 Å². The Kier molecular flexibility index (Phi) is 4.88. The molecule has 0 saturated heterocycles.